The van der Waals surface area contributed by atoms with E-state index in [2.05, 4.69) is 20.9 Å². The van der Waals surface area contributed by atoms with Gasteiger partial charge in [-0.15, -0.1) is 0 Å². The van der Waals surface area contributed by atoms with Crippen molar-refractivity contribution in [2.45, 2.75) is 13.2 Å². The van der Waals surface area contributed by atoms with Crippen molar-refractivity contribution in [2.75, 3.05) is 0 Å². The van der Waals surface area contributed by atoms with Crippen molar-refractivity contribution in [3.63, 3.8) is 0 Å². The molecule has 0 fully saturated rings. The van der Waals surface area contributed by atoms with Crippen LogP contribution in [0.25, 0.3) is 10.9 Å². The van der Waals surface area contributed by atoms with Crippen LogP contribution in [0, 0.1) is 0 Å². The van der Waals surface area contributed by atoms with Crippen molar-refractivity contribution in [3.05, 3.63) is 40.0 Å². The highest BCUT2D eigenvalue weighted by molar-refractivity contribution is 9.10. The van der Waals surface area contributed by atoms with Gasteiger partial charge in [-0.25, -0.2) is 0 Å². The molecule has 0 aliphatic heterocycles. The molecule has 2 N–H and O–H groups in total. The number of aliphatic hydroxyl groups is 2. The maximum absolute atomic E-state index is 9.14. The van der Waals surface area contributed by atoms with Gasteiger partial charge < -0.3 is 10.2 Å². The molecule has 0 saturated heterocycles. The summed E-state index contributed by atoms with van der Waals surface area (Å²) in [5, 5.41) is 19.2. The van der Waals surface area contributed by atoms with E-state index >= 15 is 0 Å². The van der Waals surface area contributed by atoms with Gasteiger partial charge in [0, 0.05) is 16.1 Å². The van der Waals surface area contributed by atoms with Gasteiger partial charge in [-0.05, 0) is 45.3 Å². The molecule has 1 aromatic carbocycles. The summed E-state index contributed by atoms with van der Waals surface area (Å²) in [5.41, 5.74) is 2.28. The van der Waals surface area contributed by atoms with Crippen LogP contribution in [0.2, 0.25) is 0 Å². The number of fused-ring (bicyclic) bond motifs is 1. The third-order valence-corrected chi connectivity index (χ3v) is 2.74. The first-order chi connectivity index (χ1) is 7.24. The van der Waals surface area contributed by atoms with Gasteiger partial charge in [-0.1, -0.05) is 0 Å². The molecule has 0 unspecified atom stereocenters. The highest BCUT2D eigenvalue weighted by Crippen LogP contribution is 2.21. The second kappa shape index (κ2) is 4.26. The zero-order valence-corrected chi connectivity index (χ0v) is 9.53. The maximum atomic E-state index is 9.14. The molecule has 0 bridgehead atoms. The van der Waals surface area contributed by atoms with Gasteiger partial charge in [0.2, 0.25) is 0 Å². The lowest BCUT2D eigenvalue weighted by molar-refractivity contribution is 0.260. The molecule has 2 rings (SSSR count). The molecule has 0 amide bonds. The van der Waals surface area contributed by atoms with Crippen LogP contribution in [0.15, 0.2) is 28.9 Å². The predicted octanol–water partition coefficient (Wildman–Crippen LogP) is 1.98. The first-order valence-corrected chi connectivity index (χ1v) is 5.32. The minimum absolute atomic E-state index is 0.0711. The third-order valence-electron chi connectivity index (χ3n) is 2.31. The first kappa shape index (κ1) is 10.5. The molecule has 78 valence electrons. The highest BCUT2D eigenvalue weighted by Gasteiger charge is 2.04. The molecule has 0 radical (unpaired) electrons. The lowest BCUT2D eigenvalue weighted by atomic mass is 10.1. The van der Waals surface area contributed by atoms with Gasteiger partial charge >= 0.3 is 0 Å². The quantitative estimate of drug-likeness (QED) is 0.875. The molecular weight excluding hydrogens is 258 g/mol. The Kier molecular flexibility index (Phi) is 3.00. The van der Waals surface area contributed by atoms with Gasteiger partial charge in [-0.2, -0.15) is 0 Å². The minimum Gasteiger partial charge on any atom is -0.392 e. The Morgan fingerprint density at radius 2 is 1.73 bits per heavy atom. The fourth-order valence-electron chi connectivity index (χ4n) is 1.53. The SMILES string of the molecule is OCc1cc2cc(Br)cnc2cc1CO. The molecular formula is C11H10BrNO2. The second-order valence-electron chi connectivity index (χ2n) is 3.28. The molecule has 4 heteroatoms. The Labute approximate surface area is 95.5 Å². The first-order valence-electron chi connectivity index (χ1n) is 4.53. The number of aliphatic hydroxyl groups excluding tert-OH is 2. The van der Waals surface area contributed by atoms with Crippen molar-refractivity contribution in [1.82, 2.24) is 4.98 Å². The molecule has 0 aliphatic carbocycles. The standard InChI is InChI=1S/C11H10BrNO2/c12-10-2-7-1-8(5-14)9(6-15)3-11(7)13-4-10/h1-4,14-15H,5-6H2. The number of pyridine rings is 1. The Bertz CT molecular complexity index is 499. The van der Waals surface area contributed by atoms with Gasteiger partial charge in [0.25, 0.3) is 0 Å². The molecule has 3 nitrogen and oxygen atoms in total. The summed E-state index contributed by atoms with van der Waals surface area (Å²) >= 11 is 3.34. The lowest BCUT2D eigenvalue weighted by Crippen LogP contribution is -1.95. The number of benzene rings is 1. The van der Waals surface area contributed by atoms with E-state index in [9.17, 15) is 0 Å². The predicted molar refractivity (Wildman–Crippen MR) is 61.3 cm³/mol. The Morgan fingerprint density at radius 1 is 1.07 bits per heavy atom. The lowest BCUT2D eigenvalue weighted by Gasteiger charge is -2.06. The van der Waals surface area contributed by atoms with E-state index in [4.69, 9.17) is 10.2 Å². The molecule has 0 aliphatic rings. The zero-order chi connectivity index (χ0) is 10.8. The number of nitrogens with zero attached hydrogens (tertiary/aromatic N) is 1. The summed E-state index contributed by atoms with van der Waals surface area (Å²) in [6.07, 6.45) is 1.71. The van der Waals surface area contributed by atoms with Crippen LogP contribution in [0.4, 0.5) is 0 Å². The normalized spacial score (nSPS) is 10.9. The molecule has 1 heterocycles. The van der Waals surface area contributed by atoms with Crippen LogP contribution >= 0.6 is 15.9 Å². The summed E-state index contributed by atoms with van der Waals surface area (Å²) in [6.45, 7) is -0.151. The van der Waals surface area contributed by atoms with Crippen LogP contribution in [-0.2, 0) is 13.2 Å². The van der Waals surface area contributed by atoms with Gasteiger partial charge in [0.05, 0.1) is 18.7 Å². The molecule has 1 aromatic heterocycles. The Hall–Kier alpha value is -0.970. The summed E-state index contributed by atoms with van der Waals surface area (Å²) in [6, 6.07) is 5.58. The fourth-order valence-corrected chi connectivity index (χ4v) is 1.88. The second-order valence-corrected chi connectivity index (χ2v) is 4.20. The Balaban J connectivity index is 2.69. The van der Waals surface area contributed by atoms with E-state index in [0.717, 1.165) is 26.5 Å². The monoisotopic (exact) mass is 267 g/mol. The largest absolute Gasteiger partial charge is 0.392 e. The van der Waals surface area contributed by atoms with E-state index in [0.29, 0.717) is 0 Å². The third kappa shape index (κ3) is 2.02. The summed E-state index contributed by atoms with van der Waals surface area (Å²) < 4.78 is 0.899. The number of aromatic nitrogens is 1. The topological polar surface area (TPSA) is 53.4 Å². The van der Waals surface area contributed by atoms with E-state index in [1.54, 1.807) is 12.3 Å². The average Bonchev–Trinajstić information content (AvgIpc) is 2.27. The molecule has 0 spiro atoms. The van der Waals surface area contributed by atoms with Crippen LogP contribution in [0.1, 0.15) is 11.1 Å². The number of rotatable bonds is 2. The fraction of sp³-hybridized carbons (Fsp3) is 0.182. The van der Waals surface area contributed by atoms with Crippen LogP contribution in [-0.4, -0.2) is 15.2 Å². The molecule has 15 heavy (non-hydrogen) atoms. The highest BCUT2D eigenvalue weighted by atomic mass is 79.9. The summed E-state index contributed by atoms with van der Waals surface area (Å²) in [5.74, 6) is 0. The van der Waals surface area contributed by atoms with Crippen molar-refractivity contribution in [3.8, 4) is 0 Å². The molecule has 2 aromatic rings. The number of halogens is 1. The van der Waals surface area contributed by atoms with Crippen LogP contribution in [0.3, 0.4) is 0 Å². The minimum atomic E-state index is -0.0798. The molecule has 0 saturated carbocycles. The van der Waals surface area contributed by atoms with Gasteiger partial charge in [-0.3, -0.25) is 4.98 Å². The van der Waals surface area contributed by atoms with Crippen LogP contribution < -0.4 is 0 Å². The van der Waals surface area contributed by atoms with Gasteiger partial charge in [0.15, 0.2) is 0 Å². The number of hydrogen-bond acceptors (Lipinski definition) is 3. The van der Waals surface area contributed by atoms with Crippen molar-refractivity contribution >= 4 is 26.8 Å². The number of hydrogen-bond donors (Lipinski definition) is 2. The average molecular weight is 268 g/mol. The molecule has 0 atom stereocenters. The summed E-state index contributed by atoms with van der Waals surface area (Å²) in [4.78, 5) is 4.23. The van der Waals surface area contributed by atoms with Crippen molar-refractivity contribution < 1.29 is 10.2 Å². The Morgan fingerprint density at radius 3 is 2.40 bits per heavy atom. The van der Waals surface area contributed by atoms with E-state index in [-0.39, 0.29) is 13.2 Å². The van der Waals surface area contributed by atoms with E-state index in [1.165, 1.54) is 0 Å². The maximum Gasteiger partial charge on any atom is 0.0706 e. The van der Waals surface area contributed by atoms with Crippen molar-refractivity contribution in [1.29, 1.82) is 0 Å². The van der Waals surface area contributed by atoms with Gasteiger partial charge in [0.1, 0.15) is 0 Å². The van der Waals surface area contributed by atoms with Crippen molar-refractivity contribution in [2.24, 2.45) is 0 Å². The zero-order valence-electron chi connectivity index (χ0n) is 7.94. The van der Waals surface area contributed by atoms with E-state index in [1.807, 2.05) is 12.1 Å². The smallest absolute Gasteiger partial charge is 0.0706 e. The summed E-state index contributed by atoms with van der Waals surface area (Å²) in [7, 11) is 0. The van der Waals surface area contributed by atoms with Crippen LogP contribution in [0.5, 0.6) is 0 Å². The van der Waals surface area contributed by atoms with E-state index < -0.39 is 0 Å².